The lowest BCUT2D eigenvalue weighted by Crippen LogP contribution is -2.14. The highest BCUT2D eigenvalue weighted by atomic mass is 16.3. The SMILES string of the molecule is Cc1cccc(C#CC(C)(C)O)c1C. The molecule has 0 unspecified atom stereocenters. The summed E-state index contributed by atoms with van der Waals surface area (Å²) in [6, 6.07) is 6.02. The minimum absolute atomic E-state index is 0.920. The zero-order chi connectivity index (χ0) is 10.8. The highest BCUT2D eigenvalue weighted by molar-refractivity contribution is 5.45. The Morgan fingerprint density at radius 2 is 1.86 bits per heavy atom. The van der Waals surface area contributed by atoms with E-state index in [0.717, 1.165) is 5.56 Å². The summed E-state index contributed by atoms with van der Waals surface area (Å²) in [4.78, 5) is 0. The lowest BCUT2D eigenvalue weighted by molar-refractivity contribution is 0.143. The minimum Gasteiger partial charge on any atom is -0.378 e. The van der Waals surface area contributed by atoms with E-state index < -0.39 is 5.60 Å². The summed E-state index contributed by atoms with van der Waals surface area (Å²) in [6.45, 7) is 7.48. The van der Waals surface area contributed by atoms with Gasteiger partial charge in [0.2, 0.25) is 0 Å². The second kappa shape index (κ2) is 3.86. The van der Waals surface area contributed by atoms with E-state index in [1.54, 1.807) is 13.8 Å². The molecule has 1 nitrogen and oxygen atoms in total. The van der Waals surface area contributed by atoms with Crippen molar-refractivity contribution in [2.24, 2.45) is 0 Å². The lowest BCUT2D eigenvalue weighted by atomic mass is 10.0. The number of benzene rings is 1. The molecule has 0 bridgehead atoms. The van der Waals surface area contributed by atoms with Crippen molar-refractivity contribution in [2.75, 3.05) is 0 Å². The average Bonchev–Trinajstić information content (AvgIpc) is 2.06. The zero-order valence-electron chi connectivity index (χ0n) is 9.18. The van der Waals surface area contributed by atoms with Crippen LogP contribution in [0, 0.1) is 25.7 Å². The Labute approximate surface area is 85.8 Å². The van der Waals surface area contributed by atoms with Crippen molar-refractivity contribution in [2.45, 2.75) is 33.3 Å². The molecular weight excluding hydrogens is 172 g/mol. The van der Waals surface area contributed by atoms with Gasteiger partial charge in [0.05, 0.1) is 0 Å². The molecule has 0 heterocycles. The highest BCUT2D eigenvalue weighted by Crippen LogP contribution is 2.11. The van der Waals surface area contributed by atoms with E-state index in [-0.39, 0.29) is 0 Å². The third-order valence-corrected chi connectivity index (χ3v) is 2.11. The van der Waals surface area contributed by atoms with Crippen LogP contribution in [0.1, 0.15) is 30.5 Å². The molecule has 1 aromatic carbocycles. The largest absolute Gasteiger partial charge is 0.378 e. The quantitative estimate of drug-likeness (QED) is 0.620. The van der Waals surface area contributed by atoms with E-state index in [9.17, 15) is 5.11 Å². The second-order valence-corrected chi connectivity index (χ2v) is 4.06. The summed E-state index contributed by atoms with van der Waals surface area (Å²) in [5.41, 5.74) is 2.49. The van der Waals surface area contributed by atoms with Crippen LogP contribution in [0.4, 0.5) is 0 Å². The molecule has 0 fully saturated rings. The van der Waals surface area contributed by atoms with Gasteiger partial charge in [-0.2, -0.15) is 0 Å². The van der Waals surface area contributed by atoms with E-state index in [1.807, 2.05) is 19.1 Å². The summed E-state index contributed by atoms with van der Waals surface area (Å²) in [6.07, 6.45) is 0. The van der Waals surface area contributed by atoms with Crippen molar-refractivity contribution in [1.82, 2.24) is 0 Å². The van der Waals surface area contributed by atoms with E-state index in [4.69, 9.17) is 0 Å². The van der Waals surface area contributed by atoms with Gasteiger partial charge in [0.1, 0.15) is 5.60 Å². The third-order valence-electron chi connectivity index (χ3n) is 2.11. The predicted octanol–water partition coefficient (Wildman–Crippen LogP) is 2.43. The first-order chi connectivity index (χ1) is 6.40. The second-order valence-electron chi connectivity index (χ2n) is 4.06. The third kappa shape index (κ3) is 2.90. The Kier molecular flexibility index (Phi) is 2.98. The first-order valence-electron chi connectivity index (χ1n) is 4.72. The molecule has 1 heteroatoms. The molecule has 0 amide bonds. The van der Waals surface area contributed by atoms with Gasteiger partial charge >= 0.3 is 0 Å². The number of hydrogen-bond donors (Lipinski definition) is 1. The molecule has 0 saturated carbocycles. The van der Waals surface area contributed by atoms with Gasteiger partial charge < -0.3 is 5.11 Å². The molecule has 14 heavy (non-hydrogen) atoms. The molecule has 0 aromatic heterocycles. The van der Waals surface area contributed by atoms with Crippen molar-refractivity contribution in [1.29, 1.82) is 0 Å². The van der Waals surface area contributed by atoms with Crippen molar-refractivity contribution < 1.29 is 5.11 Å². The minimum atomic E-state index is -0.920. The topological polar surface area (TPSA) is 20.2 Å². The molecule has 0 radical (unpaired) electrons. The van der Waals surface area contributed by atoms with Gasteiger partial charge in [0.25, 0.3) is 0 Å². The van der Waals surface area contributed by atoms with Crippen LogP contribution in [0.25, 0.3) is 0 Å². The van der Waals surface area contributed by atoms with E-state index >= 15 is 0 Å². The molecule has 0 aliphatic carbocycles. The standard InChI is InChI=1S/C13H16O/c1-10-6-5-7-12(11(10)2)8-9-13(3,4)14/h5-7,14H,1-4H3. The van der Waals surface area contributed by atoms with Crippen LogP contribution in [0.5, 0.6) is 0 Å². The van der Waals surface area contributed by atoms with Gasteiger partial charge in [-0.25, -0.2) is 0 Å². The van der Waals surface area contributed by atoms with Gasteiger partial charge in [-0.1, -0.05) is 24.0 Å². The van der Waals surface area contributed by atoms with Gasteiger partial charge in [-0.05, 0) is 44.9 Å². The summed E-state index contributed by atoms with van der Waals surface area (Å²) in [5, 5.41) is 9.47. The summed E-state index contributed by atoms with van der Waals surface area (Å²) in [7, 11) is 0. The van der Waals surface area contributed by atoms with Gasteiger partial charge in [0.15, 0.2) is 0 Å². The van der Waals surface area contributed by atoms with E-state index in [0.29, 0.717) is 0 Å². The van der Waals surface area contributed by atoms with Gasteiger partial charge in [-0.3, -0.25) is 0 Å². The Morgan fingerprint density at radius 1 is 1.21 bits per heavy atom. The van der Waals surface area contributed by atoms with Crippen molar-refractivity contribution in [3.05, 3.63) is 34.9 Å². The van der Waals surface area contributed by atoms with Crippen LogP contribution in [0.15, 0.2) is 18.2 Å². The van der Waals surface area contributed by atoms with Gasteiger partial charge in [-0.15, -0.1) is 0 Å². The first kappa shape index (κ1) is 10.8. The summed E-state index contributed by atoms with van der Waals surface area (Å²) < 4.78 is 0. The van der Waals surface area contributed by atoms with E-state index in [1.165, 1.54) is 11.1 Å². The number of aryl methyl sites for hydroxylation is 1. The smallest absolute Gasteiger partial charge is 0.120 e. The lowest BCUT2D eigenvalue weighted by Gasteiger charge is -2.07. The fourth-order valence-corrected chi connectivity index (χ4v) is 1.11. The number of rotatable bonds is 0. The molecular formula is C13H16O. The number of hydrogen-bond acceptors (Lipinski definition) is 1. The van der Waals surface area contributed by atoms with Gasteiger partial charge in [0, 0.05) is 5.56 Å². The maximum atomic E-state index is 9.47. The summed E-state index contributed by atoms with van der Waals surface area (Å²) >= 11 is 0. The predicted molar refractivity (Wildman–Crippen MR) is 59.1 cm³/mol. The van der Waals surface area contributed by atoms with Crippen LogP contribution in [-0.2, 0) is 0 Å². The van der Waals surface area contributed by atoms with Crippen LogP contribution >= 0.6 is 0 Å². The zero-order valence-corrected chi connectivity index (χ0v) is 9.18. The molecule has 74 valence electrons. The van der Waals surface area contributed by atoms with Crippen LogP contribution < -0.4 is 0 Å². The van der Waals surface area contributed by atoms with Crippen LogP contribution in [0.2, 0.25) is 0 Å². The molecule has 0 spiro atoms. The Balaban J connectivity index is 3.08. The van der Waals surface area contributed by atoms with Crippen molar-refractivity contribution >= 4 is 0 Å². The normalized spacial score (nSPS) is 10.6. The maximum absolute atomic E-state index is 9.47. The molecule has 0 aliphatic heterocycles. The fourth-order valence-electron chi connectivity index (χ4n) is 1.11. The molecule has 1 aromatic rings. The Morgan fingerprint density at radius 3 is 2.43 bits per heavy atom. The van der Waals surface area contributed by atoms with E-state index in [2.05, 4.69) is 24.8 Å². The van der Waals surface area contributed by atoms with Crippen molar-refractivity contribution in [3.63, 3.8) is 0 Å². The monoisotopic (exact) mass is 188 g/mol. The maximum Gasteiger partial charge on any atom is 0.120 e. The molecule has 1 rings (SSSR count). The van der Waals surface area contributed by atoms with Crippen molar-refractivity contribution in [3.8, 4) is 11.8 Å². The highest BCUT2D eigenvalue weighted by Gasteiger charge is 2.06. The van der Waals surface area contributed by atoms with Crippen LogP contribution in [0.3, 0.4) is 0 Å². The molecule has 1 N–H and O–H groups in total. The Hall–Kier alpha value is -1.26. The molecule has 0 aliphatic rings. The molecule has 0 saturated heterocycles. The summed E-state index contributed by atoms with van der Waals surface area (Å²) in [5.74, 6) is 5.81. The van der Waals surface area contributed by atoms with Crippen LogP contribution in [-0.4, -0.2) is 10.7 Å². The molecule has 0 atom stereocenters. The fraction of sp³-hybridized carbons (Fsp3) is 0.385. The first-order valence-corrected chi connectivity index (χ1v) is 4.72. The average molecular weight is 188 g/mol. The number of aliphatic hydroxyl groups is 1. The Bertz CT molecular complexity index is 386.